The van der Waals surface area contributed by atoms with Crippen LogP contribution in [0, 0.1) is 11.8 Å². The number of nitrogen functional groups attached to an aromatic ring is 1. The summed E-state index contributed by atoms with van der Waals surface area (Å²) in [4.78, 5) is 43.5. The summed E-state index contributed by atoms with van der Waals surface area (Å²) in [5.74, 6) is 2.15. The van der Waals surface area contributed by atoms with Gasteiger partial charge in [-0.1, -0.05) is 42.3 Å². The first-order chi connectivity index (χ1) is 24.1. The lowest BCUT2D eigenvalue weighted by atomic mass is 9.96. The lowest BCUT2D eigenvalue weighted by molar-refractivity contribution is -0.125. The van der Waals surface area contributed by atoms with Gasteiger partial charge in [-0.15, -0.1) is 0 Å². The second-order valence-corrected chi connectivity index (χ2v) is 12.1. The number of pyridine rings is 1. The number of aromatic nitrogens is 4. The zero-order valence-electron chi connectivity index (χ0n) is 27.0. The summed E-state index contributed by atoms with van der Waals surface area (Å²) >= 11 is 6.48. The molecule has 0 bridgehead atoms. The summed E-state index contributed by atoms with van der Waals surface area (Å²) in [6.07, 6.45) is -1.47. The van der Waals surface area contributed by atoms with Gasteiger partial charge in [-0.2, -0.15) is 18.3 Å². The van der Waals surface area contributed by atoms with Gasteiger partial charge in [-0.05, 0) is 35.4 Å². The van der Waals surface area contributed by atoms with Gasteiger partial charge in [0, 0.05) is 43.0 Å². The maximum absolute atomic E-state index is 13.3. The standard InChI is InChI=1S/C35H27ClF4N8O3/c1-18(37)33(50)45-23-8-4-19(5-9-23)30-28(20-6-10-24(25(36)12-20)34(51)43-17-35(38,39)40)29-31(46(30)2)21(13-42-32(29)41)7-11-27(49)48-15-22-14-44-47(3)26(22)16-48/h4-6,8-10,12-14H,1,15-17H2,2-3H3,(H2,41,42)(H,43,51)(H,45,50). The molecular formula is C35H27ClF4N8O3. The van der Waals surface area contributed by atoms with Crippen LogP contribution in [0.1, 0.15) is 27.2 Å². The van der Waals surface area contributed by atoms with E-state index in [-0.39, 0.29) is 22.1 Å². The van der Waals surface area contributed by atoms with E-state index in [4.69, 9.17) is 17.3 Å². The maximum atomic E-state index is 13.3. The molecular weight excluding hydrogens is 692 g/mol. The Morgan fingerprint density at radius 3 is 2.41 bits per heavy atom. The Balaban J connectivity index is 1.46. The van der Waals surface area contributed by atoms with Crippen molar-refractivity contribution in [1.29, 1.82) is 0 Å². The number of nitrogens with one attached hydrogen (secondary N) is 2. The van der Waals surface area contributed by atoms with Crippen molar-refractivity contribution >= 4 is 51.7 Å². The van der Waals surface area contributed by atoms with Crippen LogP contribution in [0.4, 0.5) is 29.1 Å². The van der Waals surface area contributed by atoms with Crippen molar-refractivity contribution < 1.29 is 31.9 Å². The lowest BCUT2D eigenvalue weighted by Crippen LogP contribution is -2.33. The van der Waals surface area contributed by atoms with E-state index in [1.165, 1.54) is 24.4 Å². The molecule has 0 aliphatic carbocycles. The van der Waals surface area contributed by atoms with Crippen LogP contribution in [0.2, 0.25) is 5.02 Å². The van der Waals surface area contributed by atoms with Crippen molar-refractivity contribution in [3.63, 3.8) is 0 Å². The maximum Gasteiger partial charge on any atom is 0.405 e. The van der Waals surface area contributed by atoms with Crippen LogP contribution < -0.4 is 16.4 Å². The third-order valence-electron chi connectivity index (χ3n) is 8.29. The molecule has 4 N–H and O–H groups in total. The molecule has 51 heavy (non-hydrogen) atoms. The number of anilines is 2. The smallest absolute Gasteiger partial charge is 0.383 e. The fourth-order valence-electron chi connectivity index (χ4n) is 5.89. The van der Waals surface area contributed by atoms with Gasteiger partial charge in [-0.3, -0.25) is 19.1 Å². The molecule has 2 aromatic carbocycles. The highest BCUT2D eigenvalue weighted by Gasteiger charge is 2.29. The van der Waals surface area contributed by atoms with Crippen LogP contribution in [0.15, 0.2) is 67.3 Å². The zero-order chi connectivity index (χ0) is 36.8. The van der Waals surface area contributed by atoms with Crippen LogP contribution in [0.5, 0.6) is 0 Å². The molecule has 0 atom stereocenters. The average molecular weight is 719 g/mol. The molecule has 0 radical (unpaired) electrons. The van der Waals surface area contributed by atoms with Crippen molar-refractivity contribution in [1.82, 2.24) is 29.5 Å². The first-order valence-corrected chi connectivity index (χ1v) is 15.5. The molecule has 3 amide bonds. The van der Waals surface area contributed by atoms with Gasteiger partial charge in [0.2, 0.25) is 0 Å². The molecule has 0 unspecified atom stereocenters. The van der Waals surface area contributed by atoms with Crippen molar-refractivity contribution in [2.24, 2.45) is 14.1 Å². The Hall–Kier alpha value is -6.14. The van der Waals surface area contributed by atoms with E-state index >= 15 is 0 Å². The highest BCUT2D eigenvalue weighted by atomic mass is 35.5. The van der Waals surface area contributed by atoms with Gasteiger partial charge in [0.05, 0.1) is 57.7 Å². The number of carbonyl (C=O) groups excluding carboxylic acids is 3. The lowest BCUT2D eigenvalue weighted by Gasteiger charge is -2.13. The zero-order valence-corrected chi connectivity index (χ0v) is 27.7. The van der Waals surface area contributed by atoms with Gasteiger partial charge in [-0.25, -0.2) is 9.37 Å². The van der Waals surface area contributed by atoms with Crippen molar-refractivity contribution in [3.05, 3.63) is 94.7 Å². The molecule has 5 aromatic rings. The molecule has 0 spiro atoms. The number of alkyl halides is 3. The highest BCUT2D eigenvalue weighted by molar-refractivity contribution is 6.34. The summed E-state index contributed by atoms with van der Waals surface area (Å²) in [6, 6.07) is 10.6. The van der Waals surface area contributed by atoms with Crippen LogP contribution >= 0.6 is 11.6 Å². The second-order valence-electron chi connectivity index (χ2n) is 11.6. The number of nitrogens with two attached hydrogens (primary N) is 1. The molecule has 0 fully saturated rings. The normalized spacial score (nSPS) is 12.3. The van der Waals surface area contributed by atoms with E-state index in [1.54, 1.807) is 58.7 Å². The van der Waals surface area contributed by atoms with Gasteiger partial charge >= 0.3 is 6.18 Å². The number of hydrogen-bond acceptors (Lipinski definition) is 6. The fraction of sp³-hybridized carbons (Fsp3) is 0.171. The first kappa shape index (κ1) is 34.7. The van der Waals surface area contributed by atoms with E-state index in [2.05, 4.69) is 33.8 Å². The molecule has 0 saturated heterocycles. The summed E-state index contributed by atoms with van der Waals surface area (Å²) < 4.78 is 55.1. The largest absolute Gasteiger partial charge is 0.405 e. The highest BCUT2D eigenvalue weighted by Crippen LogP contribution is 2.44. The molecule has 0 saturated carbocycles. The Morgan fingerprint density at radius 2 is 1.76 bits per heavy atom. The van der Waals surface area contributed by atoms with Gasteiger partial charge < -0.3 is 25.8 Å². The Kier molecular flexibility index (Phi) is 9.05. The molecule has 6 rings (SSSR count). The van der Waals surface area contributed by atoms with Gasteiger partial charge in [0.25, 0.3) is 17.7 Å². The predicted molar refractivity (Wildman–Crippen MR) is 183 cm³/mol. The fourth-order valence-corrected chi connectivity index (χ4v) is 6.16. The van der Waals surface area contributed by atoms with Crippen LogP contribution in [-0.4, -0.2) is 54.7 Å². The number of fused-ring (bicyclic) bond motifs is 2. The molecule has 16 heteroatoms. The molecule has 1 aliphatic rings. The minimum atomic E-state index is -4.62. The summed E-state index contributed by atoms with van der Waals surface area (Å²) in [7, 11) is 3.54. The van der Waals surface area contributed by atoms with Crippen LogP contribution in [-0.2, 0) is 36.8 Å². The molecule has 260 valence electrons. The number of benzene rings is 2. The molecule has 1 aliphatic heterocycles. The van der Waals surface area contributed by atoms with Crippen molar-refractivity contribution in [3.8, 4) is 34.2 Å². The molecule has 3 aromatic heterocycles. The third-order valence-corrected chi connectivity index (χ3v) is 8.61. The summed E-state index contributed by atoms with van der Waals surface area (Å²) in [6.45, 7) is 2.18. The number of nitrogens with zero attached hydrogens (tertiary/aromatic N) is 5. The average Bonchev–Trinajstić information content (AvgIpc) is 3.76. The molecule has 4 heterocycles. The summed E-state index contributed by atoms with van der Waals surface area (Å²) in [5.41, 5.74) is 11.3. The van der Waals surface area contributed by atoms with Gasteiger partial charge in [0.15, 0.2) is 5.83 Å². The second kappa shape index (κ2) is 13.3. The van der Waals surface area contributed by atoms with E-state index in [0.717, 1.165) is 11.3 Å². The molecule has 11 nitrogen and oxygen atoms in total. The number of amides is 3. The summed E-state index contributed by atoms with van der Waals surface area (Å²) in [5, 5.41) is 8.70. The minimum Gasteiger partial charge on any atom is -0.383 e. The number of halogens is 5. The van der Waals surface area contributed by atoms with E-state index in [9.17, 15) is 31.9 Å². The SMILES string of the molecule is C=C(F)C(=O)Nc1ccc(-c2c(-c3ccc(C(=O)NCC(F)(F)F)c(Cl)c3)c3c(N)ncc(C#CC(=O)N4Cc5cnn(C)c5C4)c3n2C)cc1. The minimum absolute atomic E-state index is 0.0923. The number of rotatable bonds is 6. The number of carbonyl (C=O) groups is 3. The predicted octanol–water partition coefficient (Wildman–Crippen LogP) is 5.48. The van der Waals surface area contributed by atoms with Gasteiger partial charge in [0.1, 0.15) is 12.4 Å². The van der Waals surface area contributed by atoms with E-state index in [0.29, 0.717) is 51.9 Å². The van der Waals surface area contributed by atoms with Crippen molar-refractivity contribution in [2.45, 2.75) is 19.3 Å². The Bertz CT molecular complexity index is 2340. The van der Waals surface area contributed by atoms with E-state index in [1.807, 2.05) is 5.32 Å². The Labute approximate surface area is 292 Å². The van der Waals surface area contributed by atoms with Crippen LogP contribution in [0.25, 0.3) is 33.3 Å². The van der Waals surface area contributed by atoms with E-state index < -0.39 is 36.3 Å². The van der Waals surface area contributed by atoms with Crippen LogP contribution in [0.3, 0.4) is 0 Å². The topological polar surface area (TPSA) is 140 Å². The number of hydrogen-bond donors (Lipinski definition) is 3. The van der Waals surface area contributed by atoms with Crippen molar-refractivity contribution in [2.75, 3.05) is 17.6 Å². The monoisotopic (exact) mass is 718 g/mol. The third kappa shape index (κ3) is 6.86. The Morgan fingerprint density at radius 1 is 1.06 bits per heavy atom. The first-order valence-electron chi connectivity index (χ1n) is 15.1. The number of aryl methyl sites for hydroxylation is 2. The quantitative estimate of drug-likeness (QED) is 0.121.